The zero-order chi connectivity index (χ0) is 14.8. The number of piperidine rings is 1. The Morgan fingerprint density at radius 1 is 1.29 bits per heavy atom. The standard InChI is InChI=1S/C17H21N3O/c1-12(21)16-5-2-13(11-18)10-17(16)19-14-6-8-20(9-7-14)15-3-4-15/h2,5,10,14-15,19H,3-4,6-9H2,1H3. The van der Waals surface area contributed by atoms with E-state index in [4.69, 9.17) is 5.26 Å². The van der Waals surface area contributed by atoms with E-state index in [1.807, 2.05) is 0 Å². The Kier molecular flexibility index (Phi) is 3.94. The molecule has 0 aromatic heterocycles. The second kappa shape index (κ2) is 5.87. The first-order chi connectivity index (χ1) is 10.2. The Labute approximate surface area is 125 Å². The summed E-state index contributed by atoms with van der Waals surface area (Å²) < 4.78 is 0. The van der Waals surface area contributed by atoms with E-state index in [0.717, 1.165) is 37.7 Å². The Hall–Kier alpha value is -1.86. The molecule has 1 saturated carbocycles. The Morgan fingerprint density at radius 2 is 2.00 bits per heavy atom. The van der Waals surface area contributed by atoms with Crippen LogP contribution < -0.4 is 5.32 Å². The second-order valence-electron chi connectivity index (χ2n) is 6.11. The molecule has 1 aromatic carbocycles. The quantitative estimate of drug-likeness (QED) is 0.863. The fourth-order valence-corrected chi connectivity index (χ4v) is 3.11. The summed E-state index contributed by atoms with van der Waals surface area (Å²) in [6, 6.07) is 8.62. The maximum Gasteiger partial charge on any atom is 0.161 e. The van der Waals surface area contributed by atoms with Gasteiger partial charge >= 0.3 is 0 Å². The van der Waals surface area contributed by atoms with Crippen LogP contribution in [0.1, 0.15) is 48.5 Å². The third-order valence-electron chi connectivity index (χ3n) is 4.48. The van der Waals surface area contributed by atoms with Crippen LogP contribution in [0.15, 0.2) is 18.2 Å². The minimum absolute atomic E-state index is 0.0393. The molecule has 1 saturated heterocycles. The topological polar surface area (TPSA) is 56.1 Å². The molecule has 2 aliphatic rings. The third kappa shape index (κ3) is 3.25. The lowest BCUT2D eigenvalue weighted by atomic mass is 10.0. The summed E-state index contributed by atoms with van der Waals surface area (Å²) in [4.78, 5) is 14.3. The number of ketones is 1. The van der Waals surface area contributed by atoms with Crippen molar-refractivity contribution < 1.29 is 4.79 Å². The molecule has 0 radical (unpaired) electrons. The number of benzene rings is 1. The minimum atomic E-state index is 0.0393. The average Bonchev–Trinajstić information content (AvgIpc) is 3.32. The number of anilines is 1. The van der Waals surface area contributed by atoms with Gasteiger partial charge in [-0.25, -0.2) is 0 Å². The minimum Gasteiger partial charge on any atom is -0.382 e. The maximum atomic E-state index is 11.7. The normalized spacial score (nSPS) is 20.0. The highest BCUT2D eigenvalue weighted by Crippen LogP contribution is 2.30. The van der Waals surface area contributed by atoms with E-state index >= 15 is 0 Å². The van der Waals surface area contributed by atoms with Crippen molar-refractivity contribution in [2.24, 2.45) is 0 Å². The molecule has 0 bridgehead atoms. The Balaban J connectivity index is 1.69. The van der Waals surface area contributed by atoms with E-state index < -0.39 is 0 Å². The molecule has 1 aromatic rings. The Bertz CT molecular complexity index is 578. The third-order valence-corrected chi connectivity index (χ3v) is 4.48. The number of rotatable bonds is 4. The number of hydrogen-bond donors (Lipinski definition) is 1. The SMILES string of the molecule is CC(=O)c1ccc(C#N)cc1NC1CCN(C2CC2)CC1. The highest BCUT2D eigenvalue weighted by Gasteiger charge is 2.31. The summed E-state index contributed by atoms with van der Waals surface area (Å²) >= 11 is 0. The molecule has 0 unspecified atom stereocenters. The van der Waals surface area contributed by atoms with Crippen LogP contribution >= 0.6 is 0 Å². The number of carbonyl (C=O) groups excluding carboxylic acids is 1. The van der Waals surface area contributed by atoms with Crippen LogP contribution in [0.2, 0.25) is 0 Å². The van der Waals surface area contributed by atoms with Gasteiger partial charge in [0.1, 0.15) is 0 Å². The fraction of sp³-hybridized carbons (Fsp3) is 0.529. The van der Waals surface area contributed by atoms with Crippen molar-refractivity contribution in [2.45, 2.75) is 44.7 Å². The van der Waals surface area contributed by atoms with Gasteiger partial charge < -0.3 is 10.2 Å². The lowest BCUT2D eigenvalue weighted by Gasteiger charge is -2.33. The summed E-state index contributed by atoms with van der Waals surface area (Å²) in [5.41, 5.74) is 2.09. The molecule has 1 N–H and O–H groups in total. The van der Waals surface area contributed by atoms with Crippen LogP contribution in [-0.4, -0.2) is 35.9 Å². The largest absolute Gasteiger partial charge is 0.382 e. The van der Waals surface area contributed by atoms with E-state index in [9.17, 15) is 4.79 Å². The molecule has 0 amide bonds. The summed E-state index contributed by atoms with van der Waals surface area (Å²) in [5.74, 6) is 0.0393. The second-order valence-corrected chi connectivity index (χ2v) is 6.11. The van der Waals surface area contributed by atoms with Crippen molar-refractivity contribution in [3.8, 4) is 6.07 Å². The molecular formula is C17H21N3O. The highest BCUT2D eigenvalue weighted by molar-refractivity contribution is 5.99. The van der Waals surface area contributed by atoms with Crippen LogP contribution in [0.5, 0.6) is 0 Å². The predicted octanol–water partition coefficient (Wildman–Crippen LogP) is 2.80. The summed E-state index contributed by atoms with van der Waals surface area (Å²) in [7, 11) is 0. The summed E-state index contributed by atoms with van der Waals surface area (Å²) in [6.07, 6.45) is 4.92. The van der Waals surface area contributed by atoms with E-state index in [2.05, 4.69) is 16.3 Å². The Morgan fingerprint density at radius 3 is 2.57 bits per heavy atom. The number of nitrogens with one attached hydrogen (secondary N) is 1. The van der Waals surface area contributed by atoms with Gasteiger partial charge in [-0.3, -0.25) is 4.79 Å². The zero-order valence-electron chi connectivity index (χ0n) is 12.4. The molecule has 2 fully saturated rings. The van der Waals surface area contributed by atoms with E-state index in [-0.39, 0.29) is 5.78 Å². The van der Waals surface area contributed by atoms with Gasteiger partial charge in [-0.1, -0.05) is 0 Å². The molecule has 21 heavy (non-hydrogen) atoms. The molecule has 110 valence electrons. The van der Waals surface area contributed by atoms with Gasteiger partial charge in [-0.05, 0) is 50.8 Å². The molecule has 0 atom stereocenters. The van der Waals surface area contributed by atoms with Crippen LogP contribution in [0.4, 0.5) is 5.69 Å². The van der Waals surface area contributed by atoms with Crippen LogP contribution in [0.3, 0.4) is 0 Å². The fourth-order valence-electron chi connectivity index (χ4n) is 3.11. The van der Waals surface area contributed by atoms with Gasteiger partial charge in [0.2, 0.25) is 0 Å². The smallest absolute Gasteiger partial charge is 0.161 e. The maximum absolute atomic E-state index is 11.7. The van der Waals surface area contributed by atoms with Crippen molar-refractivity contribution in [1.29, 1.82) is 5.26 Å². The summed E-state index contributed by atoms with van der Waals surface area (Å²) in [6.45, 7) is 3.84. The number of nitrogens with zero attached hydrogens (tertiary/aromatic N) is 2. The van der Waals surface area contributed by atoms with Crippen molar-refractivity contribution in [3.05, 3.63) is 29.3 Å². The lowest BCUT2D eigenvalue weighted by Crippen LogP contribution is -2.40. The number of hydrogen-bond acceptors (Lipinski definition) is 4. The average molecular weight is 283 g/mol. The highest BCUT2D eigenvalue weighted by atomic mass is 16.1. The first kappa shape index (κ1) is 14.1. The molecule has 0 spiro atoms. The van der Waals surface area contributed by atoms with Gasteiger partial charge in [0, 0.05) is 36.4 Å². The first-order valence-corrected chi connectivity index (χ1v) is 7.73. The van der Waals surface area contributed by atoms with Crippen LogP contribution in [0.25, 0.3) is 0 Å². The van der Waals surface area contributed by atoms with Gasteiger partial charge in [0.15, 0.2) is 5.78 Å². The molecule has 3 rings (SSSR count). The molecule has 1 aliphatic heterocycles. The predicted molar refractivity (Wildman–Crippen MR) is 82.4 cm³/mol. The van der Waals surface area contributed by atoms with Gasteiger partial charge in [0.25, 0.3) is 0 Å². The number of likely N-dealkylation sites (tertiary alicyclic amines) is 1. The monoisotopic (exact) mass is 283 g/mol. The number of Topliss-reactive ketones (excluding diaryl/α,β-unsaturated/α-hetero) is 1. The van der Waals surface area contributed by atoms with Gasteiger partial charge in [0.05, 0.1) is 11.6 Å². The van der Waals surface area contributed by atoms with Crippen molar-refractivity contribution in [1.82, 2.24) is 4.90 Å². The van der Waals surface area contributed by atoms with Crippen molar-refractivity contribution in [2.75, 3.05) is 18.4 Å². The molecule has 4 heteroatoms. The van der Waals surface area contributed by atoms with Crippen LogP contribution in [-0.2, 0) is 0 Å². The van der Waals surface area contributed by atoms with E-state index in [1.54, 1.807) is 25.1 Å². The van der Waals surface area contributed by atoms with E-state index in [1.165, 1.54) is 12.8 Å². The lowest BCUT2D eigenvalue weighted by molar-refractivity contribution is 0.101. The molecule has 1 heterocycles. The number of nitriles is 1. The van der Waals surface area contributed by atoms with Crippen LogP contribution in [0, 0.1) is 11.3 Å². The number of carbonyl (C=O) groups is 1. The first-order valence-electron chi connectivity index (χ1n) is 7.73. The summed E-state index contributed by atoms with van der Waals surface area (Å²) in [5, 5.41) is 12.5. The van der Waals surface area contributed by atoms with Gasteiger partial charge in [-0.2, -0.15) is 5.26 Å². The van der Waals surface area contributed by atoms with E-state index in [0.29, 0.717) is 17.2 Å². The van der Waals surface area contributed by atoms with Crippen molar-refractivity contribution >= 4 is 11.5 Å². The molecule has 1 aliphatic carbocycles. The van der Waals surface area contributed by atoms with Gasteiger partial charge in [-0.15, -0.1) is 0 Å². The molecular weight excluding hydrogens is 262 g/mol. The van der Waals surface area contributed by atoms with Crippen molar-refractivity contribution in [3.63, 3.8) is 0 Å². The zero-order valence-corrected chi connectivity index (χ0v) is 12.4. The molecule has 4 nitrogen and oxygen atoms in total.